The molecule has 2 amide bonds. The van der Waals surface area contributed by atoms with Crippen molar-refractivity contribution in [1.29, 1.82) is 0 Å². The first-order valence-electron chi connectivity index (χ1n) is 6.18. The maximum absolute atomic E-state index is 13.4. The van der Waals surface area contributed by atoms with Gasteiger partial charge in [0.05, 0.1) is 5.56 Å². The van der Waals surface area contributed by atoms with Crippen LogP contribution in [-0.2, 0) is 6.54 Å². The van der Waals surface area contributed by atoms with E-state index in [1.165, 1.54) is 12.1 Å². The Kier molecular flexibility index (Phi) is 4.42. The number of anilines is 1. The summed E-state index contributed by atoms with van der Waals surface area (Å²) >= 11 is 3.31. The third-order valence-corrected chi connectivity index (χ3v) is 3.36. The SMILES string of the molecule is CCn1cc(Br)cc1C(=O)Nc1ccc(F)c(C(N)=O)c1. The third kappa shape index (κ3) is 3.30. The quantitative estimate of drug-likeness (QED) is 0.886. The summed E-state index contributed by atoms with van der Waals surface area (Å²) in [7, 11) is 0. The van der Waals surface area contributed by atoms with Crippen LogP contribution in [0.3, 0.4) is 0 Å². The number of halogens is 2. The Labute approximate surface area is 129 Å². The van der Waals surface area contributed by atoms with E-state index in [4.69, 9.17) is 5.73 Å². The molecule has 3 N–H and O–H groups in total. The van der Waals surface area contributed by atoms with Crippen LogP contribution >= 0.6 is 15.9 Å². The minimum absolute atomic E-state index is 0.264. The minimum atomic E-state index is -0.886. The molecular formula is C14H13BrFN3O2. The number of benzene rings is 1. The number of amides is 2. The van der Waals surface area contributed by atoms with Gasteiger partial charge in [-0.2, -0.15) is 0 Å². The molecule has 0 saturated carbocycles. The molecule has 0 spiro atoms. The molecule has 1 heterocycles. The number of hydrogen-bond donors (Lipinski definition) is 2. The van der Waals surface area contributed by atoms with E-state index >= 15 is 0 Å². The first-order chi connectivity index (χ1) is 9.92. The monoisotopic (exact) mass is 353 g/mol. The number of aryl methyl sites for hydroxylation is 1. The highest BCUT2D eigenvalue weighted by Gasteiger charge is 2.14. The van der Waals surface area contributed by atoms with Crippen LogP contribution in [0.5, 0.6) is 0 Å². The minimum Gasteiger partial charge on any atom is -0.366 e. The number of carbonyl (C=O) groups excluding carboxylic acids is 2. The molecule has 1 aromatic carbocycles. The number of primary amides is 1. The molecule has 0 aliphatic carbocycles. The Morgan fingerprint density at radius 2 is 2.10 bits per heavy atom. The number of nitrogens with two attached hydrogens (primary N) is 1. The van der Waals surface area contributed by atoms with Crippen LogP contribution in [0.25, 0.3) is 0 Å². The first kappa shape index (κ1) is 15.2. The summed E-state index contributed by atoms with van der Waals surface area (Å²) in [5, 5.41) is 2.61. The van der Waals surface area contributed by atoms with Crippen molar-refractivity contribution in [2.45, 2.75) is 13.5 Å². The van der Waals surface area contributed by atoms with Gasteiger partial charge in [0.2, 0.25) is 0 Å². The van der Waals surface area contributed by atoms with Crippen molar-refractivity contribution in [3.63, 3.8) is 0 Å². The highest BCUT2D eigenvalue weighted by atomic mass is 79.9. The molecule has 0 unspecified atom stereocenters. The van der Waals surface area contributed by atoms with Crippen LogP contribution in [0.15, 0.2) is 34.9 Å². The molecule has 110 valence electrons. The van der Waals surface area contributed by atoms with Gasteiger partial charge in [-0.15, -0.1) is 0 Å². The zero-order chi connectivity index (χ0) is 15.6. The van der Waals surface area contributed by atoms with Gasteiger partial charge in [0.1, 0.15) is 11.5 Å². The summed E-state index contributed by atoms with van der Waals surface area (Å²) in [4.78, 5) is 23.3. The summed E-state index contributed by atoms with van der Waals surface area (Å²) in [5.41, 5.74) is 5.56. The van der Waals surface area contributed by atoms with E-state index in [0.29, 0.717) is 17.9 Å². The van der Waals surface area contributed by atoms with Gasteiger partial charge < -0.3 is 15.6 Å². The van der Waals surface area contributed by atoms with Crippen LogP contribution in [0.2, 0.25) is 0 Å². The Morgan fingerprint density at radius 1 is 1.38 bits per heavy atom. The summed E-state index contributed by atoms with van der Waals surface area (Å²) in [6.07, 6.45) is 1.79. The van der Waals surface area contributed by atoms with Crippen molar-refractivity contribution < 1.29 is 14.0 Å². The molecule has 0 bridgehead atoms. The van der Waals surface area contributed by atoms with Crippen molar-refractivity contribution >= 4 is 33.4 Å². The summed E-state index contributed by atoms with van der Waals surface area (Å²) in [6.45, 7) is 2.54. The highest BCUT2D eigenvalue weighted by molar-refractivity contribution is 9.10. The normalized spacial score (nSPS) is 10.4. The molecule has 21 heavy (non-hydrogen) atoms. The molecule has 0 aliphatic rings. The molecule has 5 nitrogen and oxygen atoms in total. The van der Waals surface area contributed by atoms with Crippen LogP contribution in [0.4, 0.5) is 10.1 Å². The first-order valence-corrected chi connectivity index (χ1v) is 6.98. The second-order valence-electron chi connectivity index (χ2n) is 4.34. The van der Waals surface area contributed by atoms with Gasteiger partial charge >= 0.3 is 0 Å². The summed E-state index contributed by atoms with van der Waals surface area (Å²) < 4.78 is 15.9. The molecule has 7 heteroatoms. The lowest BCUT2D eigenvalue weighted by Gasteiger charge is -2.09. The molecule has 0 aliphatic heterocycles. The number of nitrogens with zero attached hydrogens (tertiary/aromatic N) is 1. The Bertz CT molecular complexity index is 712. The number of rotatable bonds is 4. The zero-order valence-electron chi connectivity index (χ0n) is 11.2. The van der Waals surface area contributed by atoms with Gasteiger partial charge in [-0.3, -0.25) is 9.59 Å². The van der Waals surface area contributed by atoms with E-state index in [-0.39, 0.29) is 11.5 Å². The number of aromatic nitrogens is 1. The van der Waals surface area contributed by atoms with Crippen LogP contribution in [-0.4, -0.2) is 16.4 Å². The fourth-order valence-corrected chi connectivity index (χ4v) is 2.38. The third-order valence-electron chi connectivity index (χ3n) is 2.93. The van der Waals surface area contributed by atoms with Crippen LogP contribution in [0.1, 0.15) is 27.8 Å². The van der Waals surface area contributed by atoms with Crippen molar-refractivity contribution in [3.05, 3.63) is 52.0 Å². The molecule has 2 aromatic rings. The Balaban J connectivity index is 2.27. The van der Waals surface area contributed by atoms with E-state index in [1.54, 1.807) is 16.8 Å². The van der Waals surface area contributed by atoms with Gasteiger partial charge in [-0.25, -0.2) is 4.39 Å². The number of carbonyl (C=O) groups is 2. The van der Waals surface area contributed by atoms with Crippen LogP contribution in [0, 0.1) is 5.82 Å². The second-order valence-corrected chi connectivity index (χ2v) is 5.26. The number of hydrogen-bond acceptors (Lipinski definition) is 2. The fraction of sp³-hybridized carbons (Fsp3) is 0.143. The average Bonchev–Trinajstić information content (AvgIpc) is 2.82. The predicted octanol–water partition coefficient (Wildman–Crippen LogP) is 2.76. The van der Waals surface area contributed by atoms with E-state index in [2.05, 4.69) is 21.2 Å². The Hall–Kier alpha value is -2.15. The second kappa shape index (κ2) is 6.09. The lowest BCUT2D eigenvalue weighted by molar-refractivity contribution is 0.0991. The largest absolute Gasteiger partial charge is 0.366 e. The molecule has 2 rings (SSSR count). The summed E-state index contributed by atoms with van der Waals surface area (Å²) in [6, 6.07) is 5.35. The molecular weight excluding hydrogens is 341 g/mol. The fourth-order valence-electron chi connectivity index (χ4n) is 1.91. The molecule has 1 aromatic heterocycles. The Morgan fingerprint density at radius 3 is 2.71 bits per heavy atom. The maximum Gasteiger partial charge on any atom is 0.272 e. The van der Waals surface area contributed by atoms with Crippen molar-refractivity contribution in [3.8, 4) is 0 Å². The summed E-state index contributed by atoms with van der Waals surface area (Å²) in [5.74, 6) is -1.96. The lowest BCUT2D eigenvalue weighted by atomic mass is 10.1. The van der Waals surface area contributed by atoms with E-state index in [9.17, 15) is 14.0 Å². The van der Waals surface area contributed by atoms with Gasteiger partial charge in [-0.1, -0.05) is 0 Å². The van der Waals surface area contributed by atoms with Gasteiger partial charge in [0.15, 0.2) is 0 Å². The van der Waals surface area contributed by atoms with Crippen molar-refractivity contribution in [1.82, 2.24) is 4.57 Å². The van der Waals surface area contributed by atoms with E-state index in [1.807, 2.05) is 6.92 Å². The molecule has 0 atom stereocenters. The van der Waals surface area contributed by atoms with E-state index < -0.39 is 11.7 Å². The lowest BCUT2D eigenvalue weighted by Crippen LogP contribution is -2.18. The maximum atomic E-state index is 13.4. The number of nitrogens with one attached hydrogen (secondary N) is 1. The molecule has 0 fully saturated rings. The van der Waals surface area contributed by atoms with Crippen LogP contribution < -0.4 is 11.1 Å². The standard InChI is InChI=1S/C14H13BrFN3O2/c1-2-19-7-8(15)5-12(19)14(21)18-9-3-4-11(16)10(6-9)13(17)20/h3-7H,2H2,1H3,(H2,17,20)(H,18,21). The topological polar surface area (TPSA) is 77.1 Å². The molecule has 0 saturated heterocycles. The molecule has 0 radical (unpaired) electrons. The zero-order valence-corrected chi connectivity index (χ0v) is 12.8. The van der Waals surface area contributed by atoms with Crippen molar-refractivity contribution in [2.75, 3.05) is 5.32 Å². The van der Waals surface area contributed by atoms with Crippen molar-refractivity contribution in [2.24, 2.45) is 5.73 Å². The highest BCUT2D eigenvalue weighted by Crippen LogP contribution is 2.18. The smallest absolute Gasteiger partial charge is 0.272 e. The van der Waals surface area contributed by atoms with E-state index in [0.717, 1.165) is 10.5 Å². The predicted molar refractivity (Wildman–Crippen MR) is 80.7 cm³/mol. The van der Waals surface area contributed by atoms with Gasteiger partial charge in [0, 0.05) is 22.9 Å². The van der Waals surface area contributed by atoms with Gasteiger partial charge in [0.25, 0.3) is 11.8 Å². The average molecular weight is 354 g/mol. The van der Waals surface area contributed by atoms with Gasteiger partial charge in [-0.05, 0) is 47.1 Å².